The standard InChI is InChI=1S/C15H18ClN3O2/c1-10-11(5-6-21-10)8-19(2)9-15(20)18-14-4-3-12(16)7-13(14)17/h3-7H,8-9,17H2,1-2H3,(H,18,20). The maximum Gasteiger partial charge on any atom is 0.238 e. The number of aryl methyl sites for hydroxylation is 1. The summed E-state index contributed by atoms with van der Waals surface area (Å²) in [5.74, 6) is 0.733. The Hall–Kier alpha value is -1.98. The maximum absolute atomic E-state index is 12.0. The Morgan fingerprint density at radius 1 is 1.43 bits per heavy atom. The summed E-state index contributed by atoms with van der Waals surface area (Å²) in [6, 6.07) is 6.89. The van der Waals surface area contributed by atoms with Gasteiger partial charge in [-0.1, -0.05) is 11.6 Å². The zero-order valence-electron chi connectivity index (χ0n) is 12.0. The Kier molecular flexibility index (Phi) is 4.88. The first-order valence-electron chi connectivity index (χ1n) is 6.52. The van der Waals surface area contributed by atoms with Crippen LogP contribution in [0.25, 0.3) is 0 Å². The smallest absolute Gasteiger partial charge is 0.238 e. The lowest BCUT2D eigenvalue weighted by molar-refractivity contribution is -0.117. The Balaban J connectivity index is 1.90. The Morgan fingerprint density at radius 2 is 2.19 bits per heavy atom. The number of carbonyl (C=O) groups is 1. The predicted molar refractivity (Wildman–Crippen MR) is 84.3 cm³/mol. The number of anilines is 2. The second-order valence-electron chi connectivity index (χ2n) is 4.95. The van der Waals surface area contributed by atoms with E-state index in [1.165, 1.54) is 0 Å². The Bertz CT molecular complexity index is 640. The van der Waals surface area contributed by atoms with Crippen LogP contribution in [0.2, 0.25) is 5.02 Å². The molecule has 2 aromatic rings. The number of nitrogens with one attached hydrogen (secondary N) is 1. The molecule has 1 aromatic heterocycles. The molecular weight excluding hydrogens is 290 g/mol. The van der Waals surface area contributed by atoms with Gasteiger partial charge in [0.25, 0.3) is 0 Å². The van der Waals surface area contributed by atoms with Crippen molar-refractivity contribution in [1.82, 2.24) is 4.90 Å². The van der Waals surface area contributed by atoms with Gasteiger partial charge in [0, 0.05) is 17.1 Å². The van der Waals surface area contributed by atoms with E-state index in [1.54, 1.807) is 24.5 Å². The number of nitrogens with two attached hydrogens (primary N) is 1. The van der Waals surface area contributed by atoms with Crippen molar-refractivity contribution in [3.8, 4) is 0 Å². The summed E-state index contributed by atoms with van der Waals surface area (Å²) in [5, 5.41) is 3.31. The molecule has 6 heteroatoms. The lowest BCUT2D eigenvalue weighted by Crippen LogP contribution is -2.30. The van der Waals surface area contributed by atoms with E-state index in [-0.39, 0.29) is 12.5 Å². The third-order valence-electron chi connectivity index (χ3n) is 3.11. The molecule has 0 bridgehead atoms. The van der Waals surface area contributed by atoms with Crippen molar-refractivity contribution in [3.63, 3.8) is 0 Å². The zero-order chi connectivity index (χ0) is 15.4. The van der Waals surface area contributed by atoms with Gasteiger partial charge in [-0.15, -0.1) is 0 Å². The van der Waals surface area contributed by atoms with E-state index < -0.39 is 0 Å². The maximum atomic E-state index is 12.0. The molecular formula is C15H18ClN3O2. The topological polar surface area (TPSA) is 71.5 Å². The van der Waals surface area contributed by atoms with Crippen LogP contribution < -0.4 is 11.1 Å². The van der Waals surface area contributed by atoms with Crippen molar-refractivity contribution in [2.45, 2.75) is 13.5 Å². The summed E-state index contributed by atoms with van der Waals surface area (Å²) in [6.45, 7) is 2.80. The second kappa shape index (κ2) is 6.65. The van der Waals surface area contributed by atoms with Crippen LogP contribution in [0.1, 0.15) is 11.3 Å². The minimum absolute atomic E-state index is 0.132. The van der Waals surface area contributed by atoms with E-state index >= 15 is 0 Å². The molecule has 0 radical (unpaired) electrons. The highest BCUT2D eigenvalue weighted by Crippen LogP contribution is 2.22. The average molecular weight is 308 g/mol. The fraction of sp³-hybridized carbons (Fsp3) is 0.267. The first-order valence-corrected chi connectivity index (χ1v) is 6.90. The minimum Gasteiger partial charge on any atom is -0.469 e. The number of nitrogens with zero attached hydrogens (tertiary/aromatic N) is 1. The van der Waals surface area contributed by atoms with Crippen LogP contribution in [-0.2, 0) is 11.3 Å². The normalized spacial score (nSPS) is 10.9. The molecule has 0 aliphatic heterocycles. The number of carbonyl (C=O) groups excluding carboxylic acids is 1. The number of furan rings is 1. The number of hydrogen-bond acceptors (Lipinski definition) is 4. The van der Waals surface area contributed by atoms with Crippen molar-refractivity contribution in [2.24, 2.45) is 0 Å². The molecule has 3 N–H and O–H groups in total. The van der Waals surface area contributed by atoms with Crippen LogP contribution in [0, 0.1) is 6.92 Å². The highest BCUT2D eigenvalue weighted by atomic mass is 35.5. The molecule has 21 heavy (non-hydrogen) atoms. The van der Waals surface area contributed by atoms with E-state index in [1.807, 2.05) is 24.9 Å². The minimum atomic E-state index is -0.132. The highest BCUT2D eigenvalue weighted by Gasteiger charge is 2.11. The molecule has 0 spiro atoms. The van der Waals surface area contributed by atoms with E-state index in [4.69, 9.17) is 21.8 Å². The Morgan fingerprint density at radius 3 is 2.81 bits per heavy atom. The summed E-state index contributed by atoms with van der Waals surface area (Å²) in [4.78, 5) is 13.9. The van der Waals surface area contributed by atoms with Gasteiger partial charge >= 0.3 is 0 Å². The van der Waals surface area contributed by atoms with Gasteiger partial charge in [-0.3, -0.25) is 9.69 Å². The van der Waals surface area contributed by atoms with Crippen molar-refractivity contribution < 1.29 is 9.21 Å². The van der Waals surface area contributed by atoms with Crippen LogP contribution in [0.3, 0.4) is 0 Å². The molecule has 0 fully saturated rings. The van der Waals surface area contributed by atoms with Gasteiger partial charge in [-0.2, -0.15) is 0 Å². The van der Waals surface area contributed by atoms with E-state index in [0.717, 1.165) is 11.3 Å². The molecule has 0 aliphatic rings. The van der Waals surface area contributed by atoms with Crippen LogP contribution in [0.15, 0.2) is 34.9 Å². The van der Waals surface area contributed by atoms with Gasteiger partial charge in [-0.05, 0) is 38.2 Å². The summed E-state index contributed by atoms with van der Waals surface area (Å²) in [5.41, 5.74) is 7.89. The fourth-order valence-corrected chi connectivity index (χ4v) is 2.18. The lowest BCUT2D eigenvalue weighted by atomic mass is 10.2. The van der Waals surface area contributed by atoms with Crippen LogP contribution >= 0.6 is 11.6 Å². The van der Waals surface area contributed by atoms with Crippen molar-refractivity contribution in [2.75, 3.05) is 24.6 Å². The first-order chi connectivity index (χ1) is 9.95. The summed E-state index contributed by atoms with van der Waals surface area (Å²) >= 11 is 5.82. The molecule has 0 saturated carbocycles. The largest absolute Gasteiger partial charge is 0.469 e. The molecule has 112 valence electrons. The van der Waals surface area contributed by atoms with Crippen molar-refractivity contribution >= 4 is 28.9 Å². The quantitative estimate of drug-likeness (QED) is 0.833. The molecule has 0 atom stereocenters. The molecule has 1 heterocycles. The summed E-state index contributed by atoms with van der Waals surface area (Å²) in [7, 11) is 1.87. The molecule has 1 amide bonds. The van der Waals surface area contributed by atoms with Gasteiger partial charge < -0.3 is 15.5 Å². The molecule has 2 rings (SSSR count). The molecule has 5 nitrogen and oxygen atoms in total. The second-order valence-corrected chi connectivity index (χ2v) is 5.39. The molecule has 1 aromatic carbocycles. The average Bonchev–Trinajstić information content (AvgIpc) is 2.78. The number of halogens is 1. The third-order valence-corrected chi connectivity index (χ3v) is 3.34. The highest BCUT2D eigenvalue weighted by molar-refractivity contribution is 6.31. The number of likely N-dealkylation sites (N-methyl/N-ethyl adjacent to an activating group) is 1. The van der Waals surface area contributed by atoms with Gasteiger partial charge in [0.2, 0.25) is 5.91 Å². The van der Waals surface area contributed by atoms with Crippen LogP contribution in [0.5, 0.6) is 0 Å². The first kappa shape index (κ1) is 15.4. The Labute approximate surface area is 128 Å². The van der Waals surface area contributed by atoms with Crippen molar-refractivity contribution in [3.05, 3.63) is 46.9 Å². The van der Waals surface area contributed by atoms with E-state index in [9.17, 15) is 4.79 Å². The van der Waals surface area contributed by atoms with Crippen molar-refractivity contribution in [1.29, 1.82) is 0 Å². The number of nitrogen functional groups attached to an aromatic ring is 1. The van der Waals surface area contributed by atoms with E-state index in [2.05, 4.69) is 5.32 Å². The summed E-state index contributed by atoms with van der Waals surface area (Å²) in [6.07, 6.45) is 1.65. The predicted octanol–water partition coefficient (Wildman–Crippen LogP) is 2.89. The van der Waals surface area contributed by atoms with Gasteiger partial charge in [0.05, 0.1) is 24.2 Å². The van der Waals surface area contributed by atoms with Gasteiger partial charge in [0.1, 0.15) is 5.76 Å². The number of amides is 1. The number of rotatable bonds is 5. The van der Waals surface area contributed by atoms with E-state index in [0.29, 0.717) is 22.9 Å². The summed E-state index contributed by atoms with van der Waals surface area (Å²) < 4.78 is 5.24. The zero-order valence-corrected chi connectivity index (χ0v) is 12.8. The monoisotopic (exact) mass is 307 g/mol. The molecule has 0 aliphatic carbocycles. The SMILES string of the molecule is Cc1occc1CN(C)CC(=O)Nc1ccc(Cl)cc1N. The molecule has 0 saturated heterocycles. The fourth-order valence-electron chi connectivity index (χ4n) is 2.00. The molecule has 0 unspecified atom stereocenters. The lowest BCUT2D eigenvalue weighted by Gasteiger charge is -2.16. The van der Waals surface area contributed by atoms with Gasteiger partial charge in [0.15, 0.2) is 0 Å². The number of benzene rings is 1. The van der Waals surface area contributed by atoms with Crippen LogP contribution in [0.4, 0.5) is 11.4 Å². The third kappa shape index (κ3) is 4.24. The van der Waals surface area contributed by atoms with Crippen LogP contribution in [-0.4, -0.2) is 24.4 Å². The number of hydrogen-bond donors (Lipinski definition) is 2. The van der Waals surface area contributed by atoms with Gasteiger partial charge in [-0.25, -0.2) is 0 Å².